The molecule has 0 radical (unpaired) electrons. The number of rotatable bonds is 5. The van der Waals surface area contributed by atoms with Gasteiger partial charge in [0.05, 0.1) is 12.2 Å². The first-order valence-corrected chi connectivity index (χ1v) is 7.88. The summed E-state index contributed by atoms with van der Waals surface area (Å²) < 4.78 is 5.08. The Bertz CT molecular complexity index is 632. The van der Waals surface area contributed by atoms with Crippen molar-refractivity contribution in [1.29, 1.82) is 0 Å². The van der Waals surface area contributed by atoms with E-state index in [0.717, 1.165) is 48.3 Å². The maximum absolute atomic E-state index is 12.2. The highest BCUT2D eigenvalue weighted by Gasteiger charge is 2.26. The van der Waals surface area contributed by atoms with Gasteiger partial charge in [-0.2, -0.15) is 0 Å². The number of esters is 1. The molecule has 2 N–H and O–H groups in total. The van der Waals surface area contributed by atoms with Gasteiger partial charge in [-0.1, -0.05) is 0 Å². The normalized spacial score (nSPS) is 13.7. The van der Waals surface area contributed by atoms with E-state index in [-0.39, 0.29) is 6.61 Å². The molecule has 0 bridgehead atoms. The monoisotopic (exact) mass is 323 g/mol. The van der Waals surface area contributed by atoms with Gasteiger partial charge in [-0.05, 0) is 38.2 Å². The molecular weight excluding hydrogens is 306 g/mol. The maximum Gasteiger partial charge on any atom is 0.341 e. The van der Waals surface area contributed by atoms with Gasteiger partial charge in [0, 0.05) is 17.0 Å². The van der Waals surface area contributed by atoms with Gasteiger partial charge in [-0.3, -0.25) is 4.79 Å². The van der Waals surface area contributed by atoms with Crippen LogP contribution >= 0.6 is 11.3 Å². The minimum atomic E-state index is -1.20. The topological polar surface area (TPSA) is 92.7 Å². The summed E-state index contributed by atoms with van der Waals surface area (Å²) >= 11 is 1.36. The van der Waals surface area contributed by atoms with Crippen LogP contribution in [0.5, 0.6) is 0 Å². The Morgan fingerprint density at radius 1 is 1.27 bits per heavy atom. The zero-order valence-corrected chi connectivity index (χ0v) is 13.0. The molecule has 0 fully saturated rings. The second kappa shape index (κ2) is 7.22. The van der Waals surface area contributed by atoms with Gasteiger partial charge in [0.2, 0.25) is 5.91 Å². The van der Waals surface area contributed by atoms with Crippen LogP contribution in [0.2, 0.25) is 0 Å². The SMILES string of the molecule is CCOC(=O)c1c(NC(=O)C=CC(=O)O)sc2c1CCCC2. The average Bonchev–Trinajstić information content (AvgIpc) is 2.83. The lowest BCUT2D eigenvalue weighted by Gasteiger charge is -2.12. The lowest BCUT2D eigenvalue weighted by atomic mass is 9.95. The van der Waals surface area contributed by atoms with Gasteiger partial charge < -0.3 is 15.2 Å². The molecule has 1 aliphatic carbocycles. The number of fused-ring (bicyclic) bond motifs is 1. The van der Waals surface area contributed by atoms with E-state index in [1.165, 1.54) is 11.3 Å². The van der Waals surface area contributed by atoms with Crippen molar-refractivity contribution in [3.05, 3.63) is 28.2 Å². The van der Waals surface area contributed by atoms with Crippen molar-refractivity contribution in [2.75, 3.05) is 11.9 Å². The number of nitrogens with one attached hydrogen (secondary N) is 1. The fourth-order valence-electron chi connectivity index (χ4n) is 2.37. The number of carbonyl (C=O) groups is 3. The van der Waals surface area contributed by atoms with Gasteiger partial charge in [0.1, 0.15) is 5.00 Å². The van der Waals surface area contributed by atoms with Gasteiger partial charge in [0.15, 0.2) is 0 Å². The minimum absolute atomic E-state index is 0.260. The highest BCUT2D eigenvalue weighted by Crippen LogP contribution is 2.38. The summed E-state index contributed by atoms with van der Waals surface area (Å²) in [5.41, 5.74) is 1.37. The smallest absolute Gasteiger partial charge is 0.341 e. The van der Waals surface area contributed by atoms with Gasteiger partial charge in [-0.25, -0.2) is 9.59 Å². The second-order valence-corrected chi connectivity index (χ2v) is 5.90. The molecule has 0 spiro atoms. The molecule has 22 heavy (non-hydrogen) atoms. The third-order valence-corrected chi connectivity index (χ3v) is 4.47. The van der Waals surface area contributed by atoms with Crippen LogP contribution in [-0.2, 0) is 27.2 Å². The van der Waals surface area contributed by atoms with Gasteiger partial charge >= 0.3 is 11.9 Å². The first kappa shape index (κ1) is 16.2. The maximum atomic E-state index is 12.2. The molecule has 2 rings (SSSR count). The summed E-state index contributed by atoms with van der Waals surface area (Å²) in [6.07, 6.45) is 5.42. The predicted molar refractivity (Wildman–Crippen MR) is 82.3 cm³/mol. The number of ether oxygens (including phenoxy) is 1. The molecule has 7 heteroatoms. The van der Waals surface area contributed by atoms with E-state index in [2.05, 4.69) is 5.32 Å². The van der Waals surface area contributed by atoms with Crippen LogP contribution in [0, 0.1) is 0 Å². The molecule has 1 aliphatic rings. The molecule has 0 atom stereocenters. The number of carbonyl (C=O) groups excluding carboxylic acids is 2. The summed E-state index contributed by atoms with van der Waals surface area (Å²) in [4.78, 5) is 35.4. The largest absolute Gasteiger partial charge is 0.478 e. The Balaban J connectivity index is 2.29. The lowest BCUT2D eigenvalue weighted by Crippen LogP contribution is -2.14. The van der Waals surface area contributed by atoms with Crippen LogP contribution in [0.25, 0.3) is 0 Å². The van der Waals surface area contributed by atoms with Crippen LogP contribution < -0.4 is 5.32 Å². The lowest BCUT2D eigenvalue weighted by molar-refractivity contribution is -0.131. The van der Waals surface area contributed by atoms with Crippen molar-refractivity contribution in [3.8, 4) is 0 Å². The van der Waals surface area contributed by atoms with Crippen LogP contribution in [0.1, 0.15) is 40.6 Å². The minimum Gasteiger partial charge on any atom is -0.478 e. The Kier molecular flexibility index (Phi) is 5.32. The van der Waals surface area contributed by atoms with Gasteiger partial charge in [0.25, 0.3) is 0 Å². The quantitative estimate of drug-likeness (QED) is 0.641. The number of anilines is 1. The first-order chi connectivity index (χ1) is 10.5. The summed E-state index contributed by atoms with van der Waals surface area (Å²) in [5, 5.41) is 11.6. The molecule has 0 saturated carbocycles. The van der Waals surface area contributed by atoms with Crippen LogP contribution in [0.15, 0.2) is 12.2 Å². The Morgan fingerprint density at radius 3 is 2.68 bits per heavy atom. The van der Waals surface area contributed by atoms with E-state index in [9.17, 15) is 14.4 Å². The third-order valence-electron chi connectivity index (χ3n) is 3.26. The molecule has 0 aromatic carbocycles. The third kappa shape index (κ3) is 3.73. The number of carboxylic acid groups (broad SMARTS) is 1. The summed E-state index contributed by atoms with van der Waals surface area (Å²) in [5.74, 6) is -2.22. The molecule has 1 aromatic heterocycles. The number of aryl methyl sites for hydroxylation is 1. The summed E-state index contributed by atoms with van der Waals surface area (Å²) in [7, 11) is 0. The van der Waals surface area contributed by atoms with Crippen LogP contribution in [0.3, 0.4) is 0 Å². The number of hydrogen-bond donors (Lipinski definition) is 2. The van der Waals surface area contributed by atoms with Crippen LogP contribution in [-0.4, -0.2) is 29.6 Å². The zero-order chi connectivity index (χ0) is 16.1. The second-order valence-electron chi connectivity index (χ2n) is 4.80. The first-order valence-electron chi connectivity index (χ1n) is 7.06. The van der Waals surface area contributed by atoms with Crippen molar-refractivity contribution >= 4 is 34.2 Å². The fourth-order valence-corrected chi connectivity index (χ4v) is 3.65. The number of hydrogen-bond acceptors (Lipinski definition) is 5. The molecule has 0 unspecified atom stereocenters. The zero-order valence-electron chi connectivity index (χ0n) is 12.2. The molecule has 1 heterocycles. The molecule has 0 aliphatic heterocycles. The average molecular weight is 323 g/mol. The molecular formula is C15H17NO5S. The Morgan fingerprint density at radius 2 is 2.00 bits per heavy atom. The highest BCUT2D eigenvalue weighted by atomic mass is 32.1. The van der Waals surface area contributed by atoms with E-state index < -0.39 is 17.8 Å². The highest BCUT2D eigenvalue weighted by molar-refractivity contribution is 7.17. The van der Waals surface area contributed by atoms with E-state index in [0.29, 0.717) is 10.6 Å². The van der Waals surface area contributed by atoms with Crippen molar-refractivity contribution < 1.29 is 24.2 Å². The number of aliphatic carboxylic acids is 1. The van der Waals surface area contributed by atoms with Gasteiger partial charge in [-0.15, -0.1) is 11.3 Å². The molecule has 6 nitrogen and oxygen atoms in total. The number of thiophene rings is 1. The van der Waals surface area contributed by atoms with E-state index in [1.807, 2.05) is 0 Å². The molecule has 118 valence electrons. The molecule has 0 saturated heterocycles. The van der Waals surface area contributed by atoms with Crippen molar-refractivity contribution in [1.82, 2.24) is 0 Å². The van der Waals surface area contributed by atoms with Crippen molar-refractivity contribution in [3.63, 3.8) is 0 Å². The Labute approximate surface area is 131 Å². The number of amides is 1. The standard InChI is InChI=1S/C15H17NO5S/c1-2-21-15(20)13-9-5-3-4-6-10(9)22-14(13)16-11(17)7-8-12(18)19/h7-8H,2-6H2,1H3,(H,16,17)(H,18,19). The Hall–Kier alpha value is -2.15. The molecule has 1 aromatic rings. The van der Waals surface area contributed by atoms with E-state index in [1.54, 1.807) is 6.92 Å². The van der Waals surface area contributed by atoms with E-state index in [4.69, 9.17) is 9.84 Å². The summed E-state index contributed by atoms with van der Waals surface area (Å²) in [6, 6.07) is 0. The van der Waals surface area contributed by atoms with Crippen molar-refractivity contribution in [2.45, 2.75) is 32.6 Å². The van der Waals surface area contributed by atoms with E-state index >= 15 is 0 Å². The summed E-state index contributed by atoms with van der Waals surface area (Å²) in [6.45, 7) is 1.99. The van der Waals surface area contributed by atoms with Crippen molar-refractivity contribution in [2.24, 2.45) is 0 Å². The molecule has 1 amide bonds. The van der Waals surface area contributed by atoms with Crippen LogP contribution in [0.4, 0.5) is 5.00 Å². The predicted octanol–water partition coefficient (Wildman–Crippen LogP) is 2.38. The number of carboxylic acids is 1. The fraction of sp³-hybridized carbons (Fsp3) is 0.400.